The van der Waals surface area contributed by atoms with Crippen LogP contribution in [0.4, 0.5) is 18.2 Å². The van der Waals surface area contributed by atoms with Crippen LogP contribution in [0.15, 0.2) is 24.3 Å². The number of halogens is 3. The molecular formula is C15H17F3N2S. The zero-order chi connectivity index (χ0) is 15.6. The average Bonchev–Trinajstić information content (AvgIpc) is 2.86. The Morgan fingerprint density at radius 3 is 2.14 bits per heavy atom. The third kappa shape index (κ3) is 3.37. The van der Waals surface area contributed by atoms with Gasteiger partial charge in [-0.3, -0.25) is 0 Å². The maximum atomic E-state index is 13.2. The van der Waals surface area contributed by atoms with Crippen molar-refractivity contribution in [3.05, 3.63) is 35.5 Å². The van der Waals surface area contributed by atoms with E-state index in [0.29, 0.717) is 18.1 Å². The summed E-state index contributed by atoms with van der Waals surface area (Å²) in [6.45, 7) is 6.67. The van der Waals surface area contributed by atoms with Gasteiger partial charge >= 0.3 is 6.18 Å². The van der Waals surface area contributed by atoms with Gasteiger partial charge in [0.15, 0.2) is 5.69 Å². The summed E-state index contributed by atoms with van der Waals surface area (Å²) in [5.41, 5.74) is 0.997. The highest BCUT2D eigenvalue weighted by Crippen LogP contribution is 2.42. The van der Waals surface area contributed by atoms with Crippen LogP contribution >= 0.6 is 11.3 Å². The Balaban J connectivity index is 2.52. The number of aromatic nitrogens is 1. The molecule has 0 aliphatic carbocycles. The predicted molar refractivity (Wildman–Crippen MR) is 80.9 cm³/mol. The SMILES string of the molecule is CCN(CC)c1sc(-c2ccc(C)cc2)nc1C(F)(F)F. The molecule has 2 nitrogen and oxygen atoms in total. The molecule has 0 saturated heterocycles. The molecule has 0 bridgehead atoms. The van der Waals surface area contributed by atoms with Crippen molar-refractivity contribution in [1.29, 1.82) is 0 Å². The highest BCUT2D eigenvalue weighted by atomic mass is 32.1. The molecule has 0 saturated carbocycles. The molecule has 0 atom stereocenters. The van der Waals surface area contributed by atoms with Crippen LogP contribution in [-0.4, -0.2) is 18.1 Å². The van der Waals surface area contributed by atoms with Gasteiger partial charge in [-0.05, 0) is 20.8 Å². The zero-order valence-electron chi connectivity index (χ0n) is 12.2. The molecule has 0 spiro atoms. The van der Waals surface area contributed by atoms with Crippen LogP contribution < -0.4 is 4.90 Å². The van der Waals surface area contributed by atoms with Crippen LogP contribution in [0.1, 0.15) is 25.1 Å². The second-order valence-electron chi connectivity index (χ2n) is 4.71. The van der Waals surface area contributed by atoms with Gasteiger partial charge in [-0.1, -0.05) is 41.2 Å². The van der Waals surface area contributed by atoms with Crippen LogP contribution in [0, 0.1) is 6.92 Å². The van der Waals surface area contributed by atoms with Gasteiger partial charge in [0, 0.05) is 18.7 Å². The average molecular weight is 314 g/mol. The minimum absolute atomic E-state index is 0.197. The molecule has 0 radical (unpaired) electrons. The lowest BCUT2D eigenvalue weighted by Crippen LogP contribution is -2.23. The molecule has 21 heavy (non-hydrogen) atoms. The Morgan fingerprint density at radius 1 is 1.10 bits per heavy atom. The highest BCUT2D eigenvalue weighted by molar-refractivity contribution is 7.19. The third-order valence-corrected chi connectivity index (χ3v) is 4.39. The molecule has 1 aromatic heterocycles. The second kappa shape index (κ2) is 6.05. The predicted octanol–water partition coefficient (Wildman–Crippen LogP) is 4.98. The molecular weight excluding hydrogens is 297 g/mol. The fourth-order valence-electron chi connectivity index (χ4n) is 2.04. The summed E-state index contributed by atoms with van der Waals surface area (Å²) in [6, 6.07) is 7.36. The molecule has 1 aromatic carbocycles. The minimum atomic E-state index is -4.43. The smallest absolute Gasteiger partial charge is 0.362 e. The summed E-state index contributed by atoms with van der Waals surface area (Å²) in [4.78, 5) is 5.54. The quantitative estimate of drug-likeness (QED) is 0.791. The van der Waals surface area contributed by atoms with Gasteiger partial charge in [0.25, 0.3) is 0 Å². The van der Waals surface area contributed by atoms with Crippen molar-refractivity contribution in [3.8, 4) is 10.6 Å². The Hall–Kier alpha value is -1.56. The Morgan fingerprint density at radius 2 is 1.67 bits per heavy atom. The fraction of sp³-hybridized carbons (Fsp3) is 0.400. The van der Waals surface area contributed by atoms with E-state index >= 15 is 0 Å². The van der Waals surface area contributed by atoms with Crippen LogP contribution in [0.2, 0.25) is 0 Å². The number of nitrogens with zero attached hydrogens (tertiary/aromatic N) is 2. The van der Waals surface area contributed by atoms with Gasteiger partial charge in [0.2, 0.25) is 0 Å². The first-order valence-corrected chi connectivity index (χ1v) is 7.58. The lowest BCUT2D eigenvalue weighted by molar-refractivity contribution is -0.140. The minimum Gasteiger partial charge on any atom is -0.362 e. The maximum absolute atomic E-state index is 13.2. The standard InChI is InChI=1S/C15H17F3N2S/c1-4-20(5-2)14-12(15(16,17)18)19-13(21-14)11-8-6-10(3)7-9-11/h6-9H,4-5H2,1-3H3. The lowest BCUT2D eigenvalue weighted by Gasteiger charge is -2.20. The number of aryl methyl sites for hydroxylation is 1. The third-order valence-electron chi connectivity index (χ3n) is 3.23. The Bertz CT molecular complexity index is 598. The van der Waals surface area contributed by atoms with Gasteiger partial charge < -0.3 is 4.90 Å². The van der Waals surface area contributed by atoms with E-state index in [1.807, 2.05) is 32.9 Å². The lowest BCUT2D eigenvalue weighted by atomic mass is 10.2. The van der Waals surface area contributed by atoms with Gasteiger partial charge in [-0.2, -0.15) is 13.2 Å². The summed E-state index contributed by atoms with van der Waals surface area (Å²) in [7, 11) is 0. The number of benzene rings is 1. The van der Waals surface area contributed by atoms with Crippen molar-refractivity contribution in [2.45, 2.75) is 26.9 Å². The molecule has 0 N–H and O–H groups in total. The molecule has 0 fully saturated rings. The Kier molecular flexibility index (Phi) is 4.56. The highest BCUT2D eigenvalue weighted by Gasteiger charge is 2.39. The summed E-state index contributed by atoms with van der Waals surface area (Å²) in [6.07, 6.45) is -4.43. The Labute approximate surface area is 126 Å². The topological polar surface area (TPSA) is 16.1 Å². The van der Waals surface area contributed by atoms with E-state index in [1.54, 1.807) is 17.0 Å². The van der Waals surface area contributed by atoms with Gasteiger partial charge in [0.1, 0.15) is 10.0 Å². The first-order valence-electron chi connectivity index (χ1n) is 6.76. The van der Waals surface area contributed by atoms with Crippen molar-refractivity contribution in [1.82, 2.24) is 4.98 Å². The van der Waals surface area contributed by atoms with Crippen molar-refractivity contribution in [2.24, 2.45) is 0 Å². The van der Waals surface area contributed by atoms with E-state index in [0.717, 1.165) is 22.5 Å². The van der Waals surface area contributed by atoms with E-state index in [-0.39, 0.29) is 5.00 Å². The van der Waals surface area contributed by atoms with Crippen molar-refractivity contribution in [2.75, 3.05) is 18.0 Å². The van der Waals surface area contributed by atoms with Crippen LogP contribution in [-0.2, 0) is 6.18 Å². The molecule has 6 heteroatoms. The largest absolute Gasteiger partial charge is 0.436 e. The van der Waals surface area contributed by atoms with E-state index in [9.17, 15) is 13.2 Å². The van der Waals surface area contributed by atoms with Crippen molar-refractivity contribution >= 4 is 16.3 Å². The maximum Gasteiger partial charge on any atom is 0.436 e. The van der Waals surface area contributed by atoms with Crippen molar-refractivity contribution in [3.63, 3.8) is 0 Å². The van der Waals surface area contributed by atoms with E-state index in [1.165, 1.54) is 0 Å². The van der Waals surface area contributed by atoms with Crippen LogP contribution in [0.3, 0.4) is 0 Å². The van der Waals surface area contributed by atoms with E-state index < -0.39 is 11.9 Å². The molecule has 1 heterocycles. The molecule has 0 aliphatic rings. The first kappa shape index (κ1) is 15.8. The van der Waals surface area contributed by atoms with Crippen molar-refractivity contribution < 1.29 is 13.2 Å². The normalized spacial score (nSPS) is 11.7. The summed E-state index contributed by atoms with van der Waals surface area (Å²) in [5.74, 6) is 0. The number of alkyl halides is 3. The molecule has 114 valence electrons. The second-order valence-corrected chi connectivity index (χ2v) is 5.69. The van der Waals surface area contributed by atoms with Gasteiger partial charge in [0.05, 0.1) is 0 Å². The number of anilines is 1. The summed E-state index contributed by atoms with van der Waals surface area (Å²) < 4.78 is 39.6. The molecule has 2 rings (SSSR count). The monoisotopic (exact) mass is 314 g/mol. The number of thiazole rings is 1. The van der Waals surface area contributed by atoms with Gasteiger partial charge in [-0.25, -0.2) is 4.98 Å². The van der Waals surface area contributed by atoms with E-state index in [4.69, 9.17) is 0 Å². The molecule has 0 amide bonds. The number of hydrogen-bond donors (Lipinski definition) is 0. The van der Waals surface area contributed by atoms with E-state index in [2.05, 4.69) is 4.98 Å². The van der Waals surface area contributed by atoms with Gasteiger partial charge in [-0.15, -0.1) is 0 Å². The molecule has 2 aromatic rings. The zero-order valence-corrected chi connectivity index (χ0v) is 13.0. The fourth-order valence-corrected chi connectivity index (χ4v) is 3.26. The van der Waals surface area contributed by atoms with Crippen LogP contribution in [0.25, 0.3) is 10.6 Å². The molecule has 0 unspecified atom stereocenters. The number of rotatable bonds is 4. The first-order chi connectivity index (χ1) is 9.86. The summed E-state index contributed by atoms with van der Waals surface area (Å²) >= 11 is 1.10. The number of hydrogen-bond acceptors (Lipinski definition) is 3. The van der Waals surface area contributed by atoms with Crippen LogP contribution in [0.5, 0.6) is 0 Å². The summed E-state index contributed by atoms with van der Waals surface area (Å²) in [5, 5.41) is 0.604. The molecule has 0 aliphatic heterocycles.